The molecule has 0 radical (unpaired) electrons. The van der Waals surface area contributed by atoms with Gasteiger partial charge in [-0.05, 0) is 13.0 Å². The summed E-state index contributed by atoms with van der Waals surface area (Å²) in [6.07, 6.45) is 1.29. The van der Waals surface area contributed by atoms with E-state index >= 15 is 0 Å². The summed E-state index contributed by atoms with van der Waals surface area (Å²) in [6, 6.07) is 0. The quantitative estimate of drug-likeness (QED) is 0.455. The van der Waals surface area contributed by atoms with Crippen LogP contribution < -0.4 is 0 Å². The number of hydrogen-bond donors (Lipinski definition) is 0. The maximum atomic E-state index is 12.2. The minimum absolute atomic E-state index is 0.466. The third kappa shape index (κ3) is 10.7. The van der Waals surface area contributed by atoms with Crippen molar-refractivity contribution in [2.24, 2.45) is 0 Å². The summed E-state index contributed by atoms with van der Waals surface area (Å²) < 4.78 is 36.6. The van der Waals surface area contributed by atoms with Gasteiger partial charge >= 0.3 is 6.18 Å². The second-order valence-electron chi connectivity index (χ2n) is 3.99. The van der Waals surface area contributed by atoms with Crippen LogP contribution in [0.1, 0.15) is 39.0 Å². The predicted molar refractivity (Wildman–Crippen MR) is 65.0 cm³/mol. The Labute approximate surface area is 105 Å². The predicted octanol–water partition coefficient (Wildman–Crippen LogP) is 4.22. The van der Waals surface area contributed by atoms with Crippen molar-refractivity contribution in [1.29, 1.82) is 0 Å². The van der Waals surface area contributed by atoms with E-state index in [1.54, 1.807) is 0 Å². The summed E-state index contributed by atoms with van der Waals surface area (Å²) in [5, 5.41) is 0.595. The van der Waals surface area contributed by atoms with E-state index in [0.29, 0.717) is 18.4 Å². The highest BCUT2D eigenvalue weighted by Gasteiger charge is 2.29. The maximum Gasteiger partial charge on any atom is 0.401 e. The van der Waals surface area contributed by atoms with Gasteiger partial charge in [-0.2, -0.15) is 13.2 Å². The average Bonchev–Trinajstić information content (AvgIpc) is 2.15. The molecule has 0 aromatic heterocycles. The van der Waals surface area contributed by atoms with Gasteiger partial charge in [-0.3, -0.25) is 4.90 Å². The maximum absolute atomic E-state index is 12.2. The Bertz CT molecular complexity index is 162. The number of hydrogen-bond acceptors (Lipinski definition) is 1. The van der Waals surface area contributed by atoms with Crippen LogP contribution in [0.15, 0.2) is 0 Å². The molecule has 0 spiro atoms. The fraction of sp³-hybridized carbons (Fsp3) is 1.00. The van der Waals surface area contributed by atoms with Gasteiger partial charge in [-0.25, -0.2) is 0 Å². The summed E-state index contributed by atoms with van der Waals surface area (Å²) in [4.78, 5) is 1.47. The molecule has 1 nitrogen and oxygen atoms in total. The van der Waals surface area contributed by atoms with E-state index < -0.39 is 12.7 Å². The Morgan fingerprint density at radius 3 is 2.12 bits per heavy atom. The van der Waals surface area contributed by atoms with Gasteiger partial charge in [0.25, 0.3) is 0 Å². The standard InChI is InChI=1S/C11H21BrF3N/c1-2-3-4-5-6-8-16(9-7-12)10-11(13,14)15/h2-10H2,1H3. The molecule has 0 aliphatic rings. The van der Waals surface area contributed by atoms with Crippen molar-refractivity contribution in [2.45, 2.75) is 45.2 Å². The Balaban J connectivity index is 3.68. The molecule has 0 saturated heterocycles. The molecular weight excluding hydrogens is 283 g/mol. The topological polar surface area (TPSA) is 3.24 Å². The third-order valence-electron chi connectivity index (χ3n) is 2.38. The SMILES string of the molecule is CCCCCCCN(CCBr)CC(F)(F)F. The molecular formula is C11H21BrF3N. The van der Waals surface area contributed by atoms with Crippen molar-refractivity contribution in [3.63, 3.8) is 0 Å². The molecule has 0 atom stereocenters. The molecule has 0 bridgehead atoms. The molecule has 0 heterocycles. The van der Waals surface area contributed by atoms with Crippen molar-refractivity contribution in [3.8, 4) is 0 Å². The lowest BCUT2D eigenvalue weighted by Crippen LogP contribution is -2.36. The number of nitrogens with zero attached hydrogens (tertiary/aromatic N) is 1. The van der Waals surface area contributed by atoms with Gasteiger partial charge in [-0.15, -0.1) is 0 Å². The van der Waals surface area contributed by atoms with Crippen LogP contribution in [0.4, 0.5) is 13.2 Å². The van der Waals surface area contributed by atoms with Crippen LogP contribution in [0, 0.1) is 0 Å². The van der Waals surface area contributed by atoms with Crippen molar-refractivity contribution < 1.29 is 13.2 Å². The molecule has 0 amide bonds. The van der Waals surface area contributed by atoms with E-state index in [0.717, 1.165) is 25.7 Å². The van der Waals surface area contributed by atoms with Gasteiger partial charge < -0.3 is 0 Å². The molecule has 0 N–H and O–H groups in total. The zero-order chi connectivity index (χ0) is 12.4. The fourth-order valence-electron chi connectivity index (χ4n) is 1.58. The van der Waals surface area contributed by atoms with E-state index in [1.807, 2.05) is 0 Å². The fourth-order valence-corrected chi connectivity index (χ4v) is 2.08. The van der Waals surface area contributed by atoms with E-state index in [-0.39, 0.29) is 0 Å². The highest BCUT2D eigenvalue weighted by atomic mass is 79.9. The molecule has 0 aliphatic heterocycles. The second-order valence-corrected chi connectivity index (χ2v) is 4.79. The molecule has 0 unspecified atom stereocenters. The normalized spacial score (nSPS) is 12.4. The van der Waals surface area contributed by atoms with Crippen LogP contribution in [0.25, 0.3) is 0 Å². The first-order valence-corrected chi connectivity index (χ1v) is 6.97. The van der Waals surface area contributed by atoms with Crippen LogP contribution in [-0.2, 0) is 0 Å². The Kier molecular flexibility index (Phi) is 9.41. The lowest BCUT2D eigenvalue weighted by atomic mass is 10.1. The molecule has 5 heteroatoms. The van der Waals surface area contributed by atoms with E-state index in [2.05, 4.69) is 22.9 Å². The van der Waals surface area contributed by atoms with Crippen molar-refractivity contribution in [1.82, 2.24) is 4.90 Å². The number of rotatable bonds is 9. The molecule has 0 rings (SSSR count). The summed E-state index contributed by atoms with van der Waals surface area (Å²) in [6.45, 7) is 2.36. The lowest BCUT2D eigenvalue weighted by Gasteiger charge is -2.22. The van der Waals surface area contributed by atoms with E-state index in [4.69, 9.17) is 0 Å². The first-order chi connectivity index (χ1) is 7.49. The van der Waals surface area contributed by atoms with Gasteiger partial charge in [0, 0.05) is 11.9 Å². The zero-order valence-corrected chi connectivity index (χ0v) is 11.4. The van der Waals surface area contributed by atoms with Crippen LogP contribution in [-0.4, -0.2) is 36.0 Å². The zero-order valence-electron chi connectivity index (χ0n) is 9.82. The van der Waals surface area contributed by atoms with Crippen LogP contribution in [0.3, 0.4) is 0 Å². The molecule has 0 saturated carbocycles. The summed E-state index contributed by atoms with van der Waals surface area (Å²) >= 11 is 3.18. The van der Waals surface area contributed by atoms with Crippen molar-refractivity contribution in [3.05, 3.63) is 0 Å². The van der Waals surface area contributed by atoms with E-state index in [9.17, 15) is 13.2 Å². The van der Waals surface area contributed by atoms with Crippen molar-refractivity contribution >= 4 is 15.9 Å². The van der Waals surface area contributed by atoms with E-state index in [1.165, 1.54) is 11.3 Å². The Hall–Kier alpha value is 0.230. The largest absolute Gasteiger partial charge is 0.401 e. The van der Waals surface area contributed by atoms with Gasteiger partial charge in [0.15, 0.2) is 0 Å². The first-order valence-electron chi connectivity index (χ1n) is 5.84. The van der Waals surface area contributed by atoms with Crippen LogP contribution in [0.5, 0.6) is 0 Å². The monoisotopic (exact) mass is 303 g/mol. The van der Waals surface area contributed by atoms with Crippen LogP contribution in [0.2, 0.25) is 0 Å². The van der Waals surface area contributed by atoms with Gasteiger partial charge in [0.05, 0.1) is 6.54 Å². The number of alkyl halides is 4. The summed E-state index contributed by atoms with van der Waals surface area (Å²) in [5.74, 6) is 0. The third-order valence-corrected chi connectivity index (χ3v) is 2.74. The minimum Gasteiger partial charge on any atom is -0.294 e. The number of unbranched alkanes of at least 4 members (excludes halogenated alkanes) is 4. The van der Waals surface area contributed by atoms with Gasteiger partial charge in [0.2, 0.25) is 0 Å². The summed E-state index contributed by atoms with van der Waals surface area (Å²) in [7, 11) is 0. The first kappa shape index (κ1) is 16.2. The smallest absolute Gasteiger partial charge is 0.294 e. The molecule has 16 heavy (non-hydrogen) atoms. The second kappa shape index (κ2) is 9.28. The lowest BCUT2D eigenvalue weighted by molar-refractivity contribution is -0.145. The van der Waals surface area contributed by atoms with Crippen molar-refractivity contribution in [2.75, 3.05) is 25.0 Å². The molecule has 0 aromatic rings. The Morgan fingerprint density at radius 2 is 1.62 bits per heavy atom. The molecule has 0 fully saturated rings. The molecule has 98 valence electrons. The van der Waals surface area contributed by atoms with Crippen LogP contribution >= 0.6 is 15.9 Å². The van der Waals surface area contributed by atoms with Gasteiger partial charge in [-0.1, -0.05) is 48.5 Å². The minimum atomic E-state index is -4.08. The highest BCUT2D eigenvalue weighted by Crippen LogP contribution is 2.17. The molecule has 0 aliphatic carbocycles. The average molecular weight is 304 g/mol. The highest BCUT2D eigenvalue weighted by molar-refractivity contribution is 9.09. The Morgan fingerprint density at radius 1 is 1.00 bits per heavy atom. The molecule has 0 aromatic carbocycles. The summed E-state index contributed by atoms with van der Waals surface area (Å²) in [5.41, 5.74) is 0. The number of halogens is 4. The van der Waals surface area contributed by atoms with Gasteiger partial charge in [0.1, 0.15) is 0 Å².